The summed E-state index contributed by atoms with van der Waals surface area (Å²) in [6.07, 6.45) is 3.63. The van der Waals surface area contributed by atoms with E-state index in [1.807, 2.05) is 6.07 Å². The number of hydrogen-bond acceptors (Lipinski definition) is 3. The van der Waals surface area contributed by atoms with Gasteiger partial charge < -0.3 is 10.5 Å². The van der Waals surface area contributed by atoms with E-state index in [0.29, 0.717) is 11.5 Å². The fraction of sp³-hybridized carbons (Fsp3) is 0.647. The van der Waals surface area contributed by atoms with E-state index in [-0.39, 0.29) is 6.04 Å². The summed E-state index contributed by atoms with van der Waals surface area (Å²) in [4.78, 5) is 2.60. The van der Waals surface area contributed by atoms with Gasteiger partial charge in [-0.1, -0.05) is 19.9 Å². The maximum Gasteiger partial charge on any atom is 0.119 e. The van der Waals surface area contributed by atoms with Crippen molar-refractivity contribution in [1.29, 1.82) is 0 Å². The number of nitrogens with two attached hydrogens (primary N) is 1. The van der Waals surface area contributed by atoms with Gasteiger partial charge in [-0.25, -0.2) is 0 Å². The molecule has 0 radical (unpaired) electrons. The van der Waals surface area contributed by atoms with Crippen LogP contribution in [-0.4, -0.2) is 31.1 Å². The Hall–Kier alpha value is -1.06. The third-order valence-electron chi connectivity index (χ3n) is 5.18. The van der Waals surface area contributed by atoms with Crippen molar-refractivity contribution < 1.29 is 4.74 Å². The Morgan fingerprint density at radius 2 is 1.95 bits per heavy atom. The molecule has 0 amide bonds. The molecule has 3 rings (SSSR count). The zero-order chi connectivity index (χ0) is 14.3. The molecule has 1 saturated heterocycles. The quantitative estimate of drug-likeness (QED) is 0.901. The lowest BCUT2D eigenvalue weighted by atomic mass is 9.82. The molecule has 2 N–H and O–H groups in total. The van der Waals surface area contributed by atoms with Crippen LogP contribution in [0.25, 0.3) is 0 Å². The summed E-state index contributed by atoms with van der Waals surface area (Å²) in [7, 11) is 1.71. The first-order valence-corrected chi connectivity index (χ1v) is 7.67. The molecule has 20 heavy (non-hydrogen) atoms. The summed E-state index contributed by atoms with van der Waals surface area (Å²) in [5, 5.41) is 0. The summed E-state index contributed by atoms with van der Waals surface area (Å²) in [6.45, 7) is 7.10. The van der Waals surface area contributed by atoms with Crippen molar-refractivity contribution in [2.75, 3.05) is 20.2 Å². The van der Waals surface area contributed by atoms with Crippen molar-refractivity contribution in [3.05, 3.63) is 29.3 Å². The molecule has 2 aliphatic rings. The average molecular weight is 274 g/mol. The van der Waals surface area contributed by atoms with Crippen LogP contribution in [0.4, 0.5) is 0 Å². The lowest BCUT2D eigenvalue weighted by Gasteiger charge is -2.41. The van der Waals surface area contributed by atoms with Crippen LogP contribution in [0, 0.1) is 5.41 Å². The predicted molar refractivity (Wildman–Crippen MR) is 82.0 cm³/mol. The minimum atomic E-state index is 0.126. The highest BCUT2D eigenvalue weighted by molar-refractivity contribution is 5.42. The highest BCUT2D eigenvalue weighted by Gasteiger charge is 2.37. The Morgan fingerprint density at radius 3 is 2.60 bits per heavy atom. The van der Waals surface area contributed by atoms with Crippen molar-refractivity contribution >= 4 is 0 Å². The number of ether oxygens (including phenoxy) is 1. The second-order valence-corrected chi connectivity index (χ2v) is 7.06. The molecule has 1 aromatic carbocycles. The molecule has 1 aliphatic carbocycles. The van der Waals surface area contributed by atoms with Crippen LogP contribution in [-0.2, 0) is 6.42 Å². The first kappa shape index (κ1) is 13.9. The van der Waals surface area contributed by atoms with Crippen molar-refractivity contribution in [3.8, 4) is 5.75 Å². The Morgan fingerprint density at radius 1 is 1.25 bits per heavy atom. The molecule has 2 unspecified atom stereocenters. The van der Waals surface area contributed by atoms with Gasteiger partial charge in [0.15, 0.2) is 0 Å². The predicted octanol–water partition coefficient (Wildman–Crippen LogP) is 2.74. The summed E-state index contributed by atoms with van der Waals surface area (Å²) < 4.78 is 5.33. The van der Waals surface area contributed by atoms with E-state index in [0.717, 1.165) is 12.2 Å². The van der Waals surface area contributed by atoms with E-state index in [9.17, 15) is 0 Å². The smallest absolute Gasteiger partial charge is 0.119 e. The van der Waals surface area contributed by atoms with E-state index in [2.05, 4.69) is 30.9 Å². The molecule has 1 fully saturated rings. The van der Waals surface area contributed by atoms with Gasteiger partial charge in [0.25, 0.3) is 0 Å². The number of benzene rings is 1. The van der Waals surface area contributed by atoms with Gasteiger partial charge in [0.05, 0.1) is 7.11 Å². The Bertz CT molecular complexity index is 488. The monoisotopic (exact) mass is 274 g/mol. The maximum absolute atomic E-state index is 6.52. The van der Waals surface area contributed by atoms with Crippen molar-refractivity contribution in [3.63, 3.8) is 0 Å². The maximum atomic E-state index is 6.52. The number of nitrogens with zero attached hydrogens (tertiary/aromatic N) is 1. The molecule has 110 valence electrons. The van der Waals surface area contributed by atoms with Gasteiger partial charge in [0.1, 0.15) is 5.75 Å². The second kappa shape index (κ2) is 5.05. The van der Waals surface area contributed by atoms with E-state index in [4.69, 9.17) is 10.5 Å². The Labute approximate surface area is 122 Å². The fourth-order valence-corrected chi connectivity index (χ4v) is 3.57. The number of rotatable bonds is 2. The molecule has 2 atom stereocenters. The number of piperidine rings is 1. The first-order valence-electron chi connectivity index (χ1n) is 7.67. The van der Waals surface area contributed by atoms with E-state index in [1.165, 1.54) is 37.1 Å². The lowest BCUT2D eigenvalue weighted by molar-refractivity contribution is 0.0870. The molecule has 3 nitrogen and oxygen atoms in total. The van der Waals surface area contributed by atoms with Gasteiger partial charge >= 0.3 is 0 Å². The molecule has 0 saturated carbocycles. The Balaban J connectivity index is 1.75. The van der Waals surface area contributed by atoms with Gasteiger partial charge in [-0.05, 0) is 61.0 Å². The normalized spacial score (nSPS) is 29.2. The largest absolute Gasteiger partial charge is 0.497 e. The zero-order valence-electron chi connectivity index (χ0n) is 12.9. The first-order chi connectivity index (χ1) is 9.50. The summed E-state index contributed by atoms with van der Waals surface area (Å²) in [6, 6.07) is 6.94. The van der Waals surface area contributed by atoms with E-state index < -0.39 is 0 Å². The molecule has 0 spiro atoms. The summed E-state index contributed by atoms with van der Waals surface area (Å²) in [5.41, 5.74) is 9.68. The molecule has 0 aromatic heterocycles. The highest BCUT2D eigenvalue weighted by atomic mass is 16.5. The van der Waals surface area contributed by atoms with Crippen LogP contribution in [0.5, 0.6) is 5.75 Å². The minimum absolute atomic E-state index is 0.126. The number of likely N-dealkylation sites (tertiary alicyclic amines) is 1. The number of fused-ring (bicyclic) bond motifs is 1. The fourth-order valence-electron chi connectivity index (χ4n) is 3.57. The van der Waals surface area contributed by atoms with Gasteiger partial charge in [0.2, 0.25) is 0 Å². The summed E-state index contributed by atoms with van der Waals surface area (Å²) >= 11 is 0. The standard InChI is InChI=1S/C17H26N2O/c1-17(2)6-8-19(9-7-17)15-10-12-4-5-13(20-3)11-14(12)16(15)18/h4-5,11,15-16H,6-10,18H2,1-3H3. The average Bonchev–Trinajstić information content (AvgIpc) is 2.76. The molecular formula is C17H26N2O. The van der Waals surface area contributed by atoms with Crippen molar-refractivity contribution in [1.82, 2.24) is 4.90 Å². The third-order valence-corrected chi connectivity index (χ3v) is 5.18. The van der Waals surface area contributed by atoms with Crippen LogP contribution < -0.4 is 10.5 Å². The third kappa shape index (κ3) is 2.45. The molecule has 1 aromatic rings. The van der Waals surface area contributed by atoms with Crippen LogP contribution >= 0.6 is 0 Å². The molecule has 1 aliphatic heterocycles. The van der Waals surface area contributed by atoms with E-state index in [1.54, 1.807) is 7.11 Å². The van der Waals surface area contributed by atoms with Crippen LogP contribution in [0.2, 0.25) is 0 Å². The topological polar surface area (TPSA) is 38.5 Å². The molecule has 3 heteroatoms. The lowest BCUT2D eigenvalue weighted by Crippen LogP contribution is -2.47. The zero-order valence-corrected chi connectivity index (χ0v) is 12.9. The number of hydrogen-bond donors (Lipinski definition) is 1. The van der Waals surface area contributed by atoms with Gasteiger partial charge in [-0.3, -0.25) is 4.90 Å². The Kier molecular flexibility index (Phi) is 3.51. The van der Waals surface area contributed by atoms with Crippen LogP contribution in [0.1, 0.15) is 43.9 Å². The van der Waals surface area contributed by atoms with Crippen molar-refractivity contribution in [2.45, 2.75) is 45.2 Å². The minimum Gasteiger partial charge on any atom is -0.497 e. The molecular weight excluding hydrogens is 248 g/mol. The van der Waals surface area contributed by atoms with Gasteiger partial charge in [-0.15, -0.1) is 0 Å². The van der Waals surface area contributed by atoms with Crippen LogP contribution in [0.3, 0.4) is 0 Å². The van der Waals surface area contributed by atoms with Gasteiger partial charge in [-0.2, -0.15) is 0 Å². The van der Waals surface area contributed by atoms with Crippen LogP contribution in [0.15, 0.2) is 18.2 Å². The SMILES string of the molecule is COc1ccc2c(c1)C(N)C(N1CCC(C)(C)CC1)C2. The van der Waals surface area contributed by atoms with E-state index >= 15 is 0 Å². The number of methoxy groups -OCH3 is 1. The second-order valence-electron chi connectivity index (χ2n) is 7.06. The molecule has 0 bridgehead atoms. The summed E-state index contributed by atoms with van der Waals surface area (Å²) in [5.74, 6) is 0.916. The molecule has 1 heterocycles. The highest BCUT2D eigenvalue weighted by Crippen LogP contribution is 2.38. The van der Waals surface area contributed by atoms with Crippen molar-refractivity contribution in [2.24, 2.45) is 11.1 Å². The van der Waals surface area contributed by atoms with Gasteiger partial charge in [0, 0.05) is 12.1 Å².